The fourth-order valence-corrected chi connectivity index (χ4v) is 4.24. The third kappa shape index (κ3) is 5.39. The van der Waals surface area contributed by atoms with Crippen LogP contribution in [0, 0.1) is 20.8 Å². The van der Waals surface area contributed by atoms with Crippen LogP contribution in [0.15, 0.2) is 47.6 Å². The Bertz CT molecular complexity index is 1190. The highest BCUT2D eigenvalue weighted by Crippen LogP contribution is 2.26. The number of nitrogens with zero attached hydrogens (tertiary/aromatic N) is 3. The number of hydrogen-bond acceptors (Lipinski definition) is 6. The third-order valence-corrected chi connectivity index (χ3v) is 5.75. The van der Waals surface area contributed by atoms with Gasteiger partial charge in [0.2, 0.25) is 15.9 Å². The molecule has 2 aromatic carbocycles. The molecule has 10 heteroatoms. The van der Waals surface area contributed by atoms with Gasteiger partial charge in [-0.25, -0.2) is 8.42 Å². The molecule has 8 nitrogen and oxygen atoms in total. The summed E-state index contributed by atoms with van der Waals surface area (Å²) in [5, 5.41) is 11.7. The molecule has 3 aromatic rings. The van der Waals surface area contributed by atoms with E-state index in [9.17, 15) is 13.2 Å². The molecule has 1 amide bonds. The van der Waals surface area contributed by atoms with Gasteiger partial charge in [-0.2, -0.15) is 0 Å². The molecule has 0 bridgehead atoms. The van der Waals surface area contributed by atoms with E-state index in [0.717, 1.165) is 28.9 Å². The van der Waals surface area contributed by atoms with Gasteiger partial charge in [0.1, 0.15) is 5.82 Å². The van der Waals surface area contributed by atoms with E-state index >= 15 is 0 Å². The molecule has 2 N–H and O–H groups in total. The van der Waals surface area contributed by atoms with Gasteiger partial charge in [-0.05, 0) is 50.1 Å². The maximum absolute atomic E-state index is 12.5. The summed E-state index contributed by atoms with van der Waals surface area (Å²) in [4.78, 5) is 12.5. The van der Waals surface area contributed by atoms with E-state index in [1.807, 2.05) is 37.5 Å². The Labute approximate surface area is 180 Å². The zero-order valence-electron chi connectivity index (χ0n) is 17.1. The molecule has 0 aliphatic rings. The molecule has 0 aliphatic carbocycles. The van der Waals surface area contributed by atoms with E-state index in [1.165, 1.54) is 11.8 Å². The number of aryl methyl sites for hydroxylation is 3. The van der Waals surface area contributed by atoms with Crippen molar-refractivity contribution in [3.63, 3.8) is 0 Å². The lowest BCUT2D eigenvalue weighted by Gasteiger charge is -2.13. The highest BCUT2D eigenvalue weighted by molar-refractivity contribution is 7.99. The average Bonchev–Trinajstić information content (AvgIpc) is 3.03. The van der Waals surface area contributed by atoms with Crippen LogP contribution in [0.3, 0.4) is 0 Å². The van der Waals surface area contributed by atoms with Crippen molar-refractivity contribution in [1.29, 1.82) is 0 Å². The summed E-state index contributed by atoms with van der Waals surface area (Å²) in [5.74, 6) is 0.543. The number of hydrogen-bond donors (Lipinski definition) is 2. The largest absolute Gasteiger partial charge is 0.324 e. The smallest absolute Gasteiger partial charge is 0.234 e. The molecule has 158 valence electrons. The Balaban J connectivity index is 1.75. The molecule has 30 heavy (non-hydrogen) atoms. The van der Waals surface area contributed by atoms with Crippen molar-refractivity contribution in [1.82, 2.24) is 14.8 Å². The van der Waals surface area contributed by atoms with Crippen molar-refractivity contribution in [2.75, 3.05) is 22.0 Å². The summed E-state index contributed by atoms with van der Waals surface area (Å²) >= 11 is 1.26. The Hall–Kier alpha value is -2.85. The molecular weight excluding hydrogens is 422 g/mol. The lowest BCUT2D eigenvalue weighted by molar-refractivity contribution is -0.113. The minimum atomic E-state index is -3.46. The van der Waals surface area contributed by atoms with Crippen molar-refractivity contribution in [2.45, 2.75) is 25.9 Å². The number of amides is 1. The second-order valence-electron chi connectivity index (χ2n) is 6.91. The number of benzene rings is 2. The second kappa shape index (κ2) is 8.88. The van der Waals surface area contributed by atoms with Gasteiger partial charge in [0, 0.05) is 0 Å². The zero-order valence-corrected chi connectivity index (χ0v) is 18.8. The van der Waals surface area contributed by atoms with Crippen LogP contribution >= 0.6 is 11.8 Å². The highest BCUT2D eigenvalue weighted by atomic mass is 32.2. The number of para-hydroxylation sites is 2. The van der Waals surface area contributed by atoms with Crippen molar-refractivity contribution < 1.29 is 13.2 Å². The standard InChI is InChI=1S/C20H23N5O3S2/c1-13-9-10-14(2)18(11-13)25-15(3)22-23-20(25)29-12-19(26)21-16-7-5-6-8-17(16)24-30(4,27)28/h5-11,24H,12H2,1-4H3,(H,21,26). The predicted octanol–water partition coefficient (Wildman–Crippen LogP) is 3.29. The summed E-state index contributed by atoms with van der Waals surface area (Å²) in [6.45, 7) is 5.90. The van der Waals surface area contributed by atoms with Gasteiger partial charge in [-0.1, -0.05) is 36.0 Å². The van der Waals surface area contributed by atoms with E-state index in [2.05, 4.69) is 26.3 Å². The first kappa shape index (κ1) is 21.8. The maximum Gasteiger partial charge on any atom is 0.234 e. The topological polar surface area (TPSA) is 106 Å². The molecular formula is C20H23N5O3S2. The number of anilines is 2. The van der Waals surface area contributed by atoms with Crippen molar-refractivity contribution in [3.05, 3.63) is 59.4 Å². The summed E-state index contributed by atoms with van der Waals surface area (Å²) in [6, 6.07) is 12.8. The van der Waals surface area contributed by atoms with Crippen molar-refractivity contribution in [3.8, 4) is 5.69 Å². The first-order valence-electron chi connectivity index (χ1n) is 9.13. The van der Waals surface area contributed by atoms with E-state index in [0.29, 0.717) is 16.5 Å². The Morgan fingerprint density at radius 3 is 2.47 bits per heavy atom. The zero-order chi connectivity index (χ0) is 21.9. The van der Waals surface area contributed by atoms with Crippen LogP contribution in [0.2, 0.25) is 0 Å². The summed E-state index contributed by atoms with van der Waals surface area (Å²) < 4.78 is 27.4. The van der Waals surface area contributed by atoms with Gasteiger partial charge in [-0.15, -0.1) is 10.2 Å². The van der Waals surface area contributed by atoms with Gasteiger partial charge < -0.3 is 5.32 Å². The molecule has 0 saturated carbocycles. The average molecular weight is 446 g/mol. The van der Waals surface area contributed by atoms with Crippen LogP contribution in [-0.4, -0.2) is 41.1 Å². The van der Waals surface area contributed by atoms with Gasteiger partial charge in [0.05, 0.1) is 29.1 Å². The molecule has 0 unspecified atom stereocenters. The first-order chi connectivity index (χ1) is 14.1. The predicted molar refractivity (Wildman–Crippen MR) is 120 cm³/mol. The van der Waals surface area contributed by atoms with Crippen LogP contribution in [0.5, 0.6) is 0 Å². The molecule has 0 atom stereocenters. The van der Waals surface area contributed by atoms with Gasteiger partial charge in [0.15, 0.2) is 5.16 Å². The number of sulfonamides is 1. The van der Waals surface area contributed by atoms with Crippen LogP contribution in [0.25, 0.3) is 5.69 Å². The van der Waals surface area contributed by atoms with Crippen molar-refractivity contribution in [2.24, 2.45) is 0 Å². The lowest BCUT2D eigenvalue weighted by Crippen LogP contribution is -2.17. The van der Waals surface area contributed by atoms with Crippen LogP contribution < -0.4 is 10.0 Å². The van der Waals surface area contributed by atoms with E-state index in [4.69, 9.17) is 0 Å². The number of thioether (sulfide) groups is 1. The quantitative estimate of drug-likeness (QED) is 0.541. The summed E-state index contributed by atoms with van der Waals surface area (Å²) in [7, 11) is -3.46. The lowest BCUT2D eigenvalue weighted by atomic mass is 10.1. The van der Waals surface area contributed by atoms with E-state index in [1.54, 1.807) is 24.3 Å². The molecule has 0 radical (unpaired) electrons. The van der Waals surface area contributed by atoms with Crippen LogP contribution in [-0.2, 0) is 14.8 Å². The molecule has 0 spiro atoms. The minimum absolute atomic E-state index is 0.0935. The first-order valence-corrected chi connectivity index (χ1v) is 12.0. The summed E-state index contributed by atoms with van der Waals surface area (Å²) in [5.41, 5.74) is 3.87. The van der Waals surface area contributed by atoms with Gasteiger partial charge in [0.25, 0.3) is 0 Å². The monoisotopic (exact) mass is 445 g/mol. The van der Waals surface area contributed by atoms with Gasteiger partial charge >= 0.3 is 0 Å². The molecule has 1 heterocycles. The van der Waals surface area contributed by atoms with Crippen molar-refractivity contribution >= 4 is 39.1 Å². The Morgan fingerprint density at radius 2 is 1.77 bits per heavy atom. The number of rotatable bonds is 7. The van der Waals surface area contributed by atoms with Crippen LogP contribution in [0.4, 0.5) is 11.4 Å². The fraction of sp³-hybridized carbons (Fsp3) is 0.250. The maximum atomic E-state index is 12.5. The SMILES string of the molecule is Cc1ccc(C)c(-n2c(C)nnc2SCC(=O)Nc2ccccc2NS(C)(=O)=O)c1. The number of nitrogens with one attached hydrogen (secondary N) is 2. The molecule has 0 aliphatic heterocycles. The molecule has 1 aromatic heterocycles. The van der Waals surface area contributed by atoms with Gasteiger partial charge in [-0.3, -0.25) is 14.1 Å². The normalized spacial score (nSPS) is 11.3. The summed E-state index contributed by atoms with van der Waals surface area (Å²) in [6.07, 6.45) is 1.06. The van der Waals surface area contributed by atoms with E-state index < -0.39 is 10.0 Å². The number of carbonyl (C=O) groups excluding carboxylic acids is 1. The molecule has 3 rings (SSSR count). The fourth-order valence-electron chi connectivity index (χ4n) is 2.87. The number of carbonyl (C=O) groups is 1. The van der Waals surface area contributed by atoms with E-state index in [-0.39, 0.29) is 11.7 Å². The number of aromatic nitrogens is 3. The highest BCUT2D eigenvalue weighted by Gasteiger charge is 2.16. The molecule has 0 fully saturated rings. The molecule has 0 saturated heterocycles. The Kier molecular flexibility index (Phi) is 6.47. The second-order valence-corrected chi connectivity index (χ2v) is 9.60. The third-order valence-electron chi connectivity index (χ3n) is 4.23. The Morgan fingerprint density at radius 1 is 1.07 bits per heavy atom. The van der Waals surface area contributed by atoms with Crippen LogP contribution in [0.1, 0.15) is 17.0 Å². The minimum Gasteiger partial charge on any atom is -0.324 e.